The van der Waals surface area contributed by atoms with Gasteiger partial charge < -0.3 is 14.0 Å². The van der Waals surface area contributed by atoms with Crippen LogP contribution in [0.4, 0.5) is 4.79 Å². The molecule has 0 N–H and O–H groups in total. The number of imidazole rings is 1. The van der Waals surface area contributed by atoms with E-state index in [0.717, 1.165) is 22.6 Å². The molecule has 1 amide bonds. The minimum atomic E-state index is -0.517. The highest BCUT2D eigenvalue weighted by Crippen LogP contribution is 2.29. The molecule has 28 heavy (non-hydrogen) atoms. The lowest BCUT2D eigenvalue weighted by Gasteiger charge is -2.31. The van der Waals surface area contributed by atoms with E-state index in [1.165, 1.54) is 0 Å². The summed E-state index contributed by atoms with van der Waals surface area (Å²) in [5.74, 6) is 0.571. The zero-order valence-electron chi connectivity index (χ0n) is 16.7. The monoisotopic (exact) mass is 383 g/mol. The van der Waals surface area contributed by atoms with Crippen LogP contribution in [-0.4, -0.2) is 44.8 Å². The van der Waals surface area contributed by atoms with Crippen molar-refractivity contribution in [3.63, 3.8) is 0 Å². The number of benzene rings is 1. The van der Waals surface area contributed by atoms with Crippen LogP contribution in [0.2, 0.25) is 0 Å². The molecule has 0 radical (unpaired) electrons. The maximum absolute atomic E-state index is 12.3. The molecule has 148 valence electrons. The Morgan fingerprint density at radius 2 is 2.07 bits per heavy atom. The summed E-state index contributed by atoms with van der Waals surface area (Å²) < 4.78 is 12.9. The summed E-state index contributed by atoms with van der Waals surface area (Å²) in [5.41, 5.74) is 3.13. The van der Waals surface area contributed by atoms with Gasteiger partial charge in [-0.2, -0.15) is 0 Å². The summed E-state index contributed by atoms with van der Waals surface area (Å²) in [5, 5.41) is 0. The summed E-state index contributed by atoms with van der Waals surface area (Å²) >= 11 is 0. The highest BCUT2D eigenvalue weighted by molar-refractivity contribution is 5.93. The van der Waals surface area contributed by atoms with Crippen LogP contribution < -0.4 is 0 Å². The van der Waals surface area contributed by atoms with Crippen molar-refractivity contribution in [1.82, 2.24) is 14.5 Å². The first kappa shape index (κ1) is 18.5. The average molecular weight is 383 g/mol. The third-order valence-electron chi connectivity index (χ3n) is 4.95. The number of hydrogen-bond donors (Lipinski definition) is 0. The number of carbonyl (C=O) groups is 2. The minimum Gasteiger partial charge on any atom is -0.459 e. The molecule has 0 aliphatic carbocycles. The van der Waals surface area contributed by atoms with Gasteiger partial charge in [-0.15, -0.1) is 0 Å². The van der Waals surface area contributed by atoms with E-state index in [-0.39, 0.29) is 18.2 Å². The van der Waals surface area contributed by atoms with Crippen molar-refractivity contribution >= 4 is 12.1 Å². The molecule has 0 spiro atoms. The Morgan fingerprint density at radius 1 is 1.29 bits per heavy atom. The molecule has 4 rings (SSSR count). The Hall–Kier alpha value is -2.83. The lowest BCUT2D eigenvalue weighted by molar-refractivity contribution is 0.0195. The number of amides is 1. The van der Waals surface area contributed by atoms with Crippen molar-refractivity contribution in [2.45, 2.75) is 58.9 Å². The highest BCUT2D eigenvalue weighted by Gasteiger charge is 2.28. The second kappa shape index (κ2) is 6.65. The van der Waals surface area contributed by atoms with E-state index in [1.54, 1.807) is 4.90 Å². The van der Waals surface area contributed by atoms with E-state index in [2.05, 4.69) is 15.6 Å². The summed E-state index contributed by atoms with van der Waals surface area (Å²) in [6.07, 6.45) is 2.12. The topological polar surface area (TPSA) is 73.7 Å². The number of aromatic nitrogens is 2. The molecule has 7 heteroatoms. The Kier molecular flexibility index (Phi) is 4.40. The number of hydrogen-bond acceptors (Lipinski definition) is 5. The number of esters is 1. The van der Waals surface area contributed by atoms with Crippen LogP contribution in [0.5, 0.6) is 0 Å². The molecule has 0 saturated heterocycles. The fraction of sp³-hybridized carbons (Fsp3) is 0.476. The van der Waals surface area contributed by atoms with E-state index < -0.39 is 5.60 Å². The highest BCUT2D eigenvalue weighted by atomic mass is 16.6. The number of cyclic esters (lactones) is 1. The molecule has 2 aliphatic rings. The zero-order valence-corrected chi connectivity index (χ0v) is 16.7. The molecular weight excluding hydrogens is 358 g/mol. The summed E-state index contributed by atoms with van der Waals surface area (Å²) in [6.45, 7) is 9.13. The van der Waals surface area contributed by atoms with Gasteiger partial charge in [0.05, 0.1) is 24.0 Å². The maximum atomic E-state index is 12.3. The predicted octanol–water partition coefficient (Wildman–Crippen LogP) is 3.40. The van der Waals surface area contributed by atoms with Gasteiger partial charge in [-0.3, -0.25) is 4.90 Å². The molecule has 0 bridgehead atoms. The fourth-order valence-corrected chi connectivity index (χ4v) is 3.69. The quantitative estimate of drug-likeness (QED) is 0.706. The minimum absolute atomic E-state index is 0.114. The number of nitrogens with zero attached hydrogens (tertiary/aromatic N) is 3. The lowest BCUT2D eigenvalue weighted by atomic mass is 9.96. The van der Waals surface area contributed by atoms with Crippen LogP contribution in [0.25, 0.3) is 11.3 Å². The summed E-state index contributed by atoms with van der Waals surface area (Å²) in [4.78, 5) is 30.6. The van der Waals surface area contributed by atoms with Crippen LogP contribution in [0.3, 0.4) is 0 Å². The standard InChI is InChI=1S/C21H25N3O4/c1-13-9-15-10-14(5-6-16(15)19(25)27-13)17-11-22-18-12-23(7-8-24(17)18)20(26)28-21(2,3)4/h5-6,10-11,13H,7-9,12H2,1-4H3. The van der Waals surface area contributed by atoms with Gasteiger partial charge in [0.25, 0.3) is 0 Å². The normalized spacial score (nSPS) is 18.9. The van der Waals surface area contributed by atoms with Crippen molar-refractivity contribution in [3.8, 4) is 11.3 Å². The van der Waals surface area contributed by atoms with Crippen molar-refractivity contribution in [2.75, 3.05) is 6.54 Å². The molecule has 1 unspecified atom stereocenters. The molecule has 7 nitrogen and oxygen atoms in total. The van der Waals surface area contributed by atoms with Gasteiger partial charge in [0.1, 0.15) is 17.5 Å². The fourth-order valence-electron chi connectivity index (χ4n) is 3.69. The van der Waals surface area contributed by atoms with E-state index in [9.17, 15) is 9.59 Å². The molecule has 3 heterocycles. The van der Waals surface area contributed by atoms with Gasteiger partial charge in [-0.25, -0.2) is 14.6 Å². The van der Waals surface area contributed by atoms with Gasteiger partial charge in [0, 0.05) is 25.1 Å². The van der Waals surface area contributed by atoms with E-state index >= 15 is 0 Å². The van der Waals surface area contributed by atoms with Crippen LogP contribution in [0, 0.1) is 0 Å². The number of carbonyl (C=O) groups excluding carboxylic acids is 2. The first-order chi connectivity index (χ1) is 13.2. The van der Waals surface area contributed by atoms with Crippen molar-refractivity contribution < 1.29 is 19.1 Å². The van der Waals surface area contributed by atoms with Crippen molar-refractivity contribution in [1.29, 1.82) is 0 Å². The third-order valence-corrected chi connectivity index (χ3v) is 4.95. The largest absolute Gasteiger partial charge is 0.459 e. The van der Waals surface area contributed by atoms with Crippen molar-refractivity contribution in [2.24, 2.45) is 0 Å². The Balaban J connectivity index is 1.58. The average Bonchev–Trinajstić information content (AvgIpc) is 3.02. The zero-order chi connectivity index (χ0) is 20.1. The first-order valence-corrected chi connectivity index (χ1v) is 9.58. The molecule has 1 aromatic carbocycles. The number of ether oxygens (including phenoxy) is 2. The number of rotatable bonds is 1. The molecule has 2 aliphatic heterocycles. The van der Waals surface area contributed by atoms with E-state index in [1.807, 2.05) is 46.0 Å². The van der Waals surface area contributed by atoms with Crippen LogP contribution in [0.15, 0.2) is 24.4 Å². The van der Waals surface area contributed by atoms with Gasteiger partial charge in [-0.1, -0.05) is 6.07 Å². The third kappa shape index (κ3) is 3.48. The van der Waals surface area contributed by atoms with Crippen molar-refractivity contribution in [3.05, 3.63) is 41.3 Å². The molecule has 0 fully saturated rings. The summed E-state index contributed by atoms with van der Waals surface area (Å²) in [6, 6.07) is 5.81. The smallest absolute Gasteiger partial charge is 0.410 e. The molecule has 0 saturated carbocycles. The number of fused-ring (bicyclic) bond motifs is 2. The van der Waals surface area contributed by atoms with Gasteiger partial charge >= 0.3 is 12.1 Å². The van der Waals surface area contributed by atoms with Crippen LogP contribution in [-0.2, 0) is 29.0 Å². The van der Waals surface area contributed by atoms with Gasteiger partial charge in [0.2, 0.25) is 0 Å². The van der Waals surface area contributed by atoms with Gasteiger partial charge in [0.15, 0.2) is 0 Å². The van der Waals surface area contributed by atoms with Crippen LogP contribution >= 0.6 is 0 Å². The molecule has 1 atom stereocenters. The van der Waals surface area contributed by atoms with Crippen LogP contribution in [0.1, 0.15) is 49.4 Å². The lowest BCUT2D eigenvalue weighted by Crippen LogP contribution is -2.41. The Bertz CT molecular complexity index is 942. The Labute approximate surface area is 164 Å². The van der Waals surface area contributed by atoms with Gasteiger partial charge in [-0.05, 0) is 45.4 Å². The summed E-state index contributed by atoms with van der Waals surface area (Å²) in [7, 11) is 0. The van der Waals surface area contributed by atoms with E-state index in [4.69, 9.17) is 9.47 Å². The predicted molar refractivity (Wildman–Crippen MR) is 103 cm³/mol. The van der Waals surface area contributed by atoms with E-state index in [0.29, 0.717) is 31.6 Å². The SMILES string of the molecule is CC1Cc2cc(-c3cnc4n3CCN(C(=O)OC(C)(C)C)C4)ccc2C(=O)O1. The molecule has 2 aromatic rings. The molecular formula is C21H25N3O4. The second-order valence-corrected chi connectivity index (χ2v) is 8.41. The molecule has 1 aromatic heterocycles. The second-order valence-electron chi connectivity index (χ2n) is 8.41. The Morgan fingerprint density at radius 3 is 2.82 bits per heavy atom. The first-order valence-electron chi connectivity index (χ1n) is 9.58. The maximum Gasteiger partial charge on any atom is 0.410 e.